The summed E-state index contributed by atoms with van der Waals surface area (Å²) in [5.74, 6) is 0. The molecule has 0 N–H and O–H groups in total. The van der Waals surface area contributed by atoms with Gasteiger partial charge in [0.25, 0.3) is 0 Å². The van der Waals surface area contributed by atoms with Crippen molar-refractivity contribution in [3.63, 3.8) is 0 Å². The van der Waals surface area contributed by atoms with E-state index in [-0.39, 0.29) is 0 Å². The third-order valence-corrected chi connectivity index (χ3v) is 11.2. The fourth-order valence-corrected chi connectivity index (χ4v) is 9.92. The highest BCUT2D eigenvalue weighted by Crippen LogP contribution is 2.68. The molecular weight excluding hydrogens is 367 g/mol. The molecule has 2 fully saturated rings. The van der Waals surface area contributed by atoms with Crippen molar-refractivity contribution in [1.29, 1.82) is 0 Å². The SMILES string of the molecule is CCC(=C1CCCCC1)P1(=S)N(c2ccccc2)CCN1c1ccccc1. The molecule has 1 saturated heterocycles. The van der Waals surface area contributed by atoms with Crippen LogP contribution in [0.2, 0.25) is 0 Å². The molecule has 0 unspecified atom stereocenters. The van der Waals surface area contributed by atoms with E-state index >= 15 is 0 Å². The lowest BCUT2D eigenvalue weighted by Gasteiger charge is -2.40. The Morgan fingerprint density at radius 2 is 1.30 bits per heavy atom. The molecule has 0 aromatic heterocycles. The summed E-state index contributed by atoms with van der Waals surface area (Å²) in [5, 5.41) is 1.57. The normalized spacial score (nSPS) is 19.4. The standard InChI is InChI=1S/C23H29N2PS/c1-2-23(20-12-6-3-7-13-20)26(27)24(21-14-8-4-9-15-21)18-19-25(26)22-16-10-5-11-17-22/h4-5,8-11,14-17H,2-3,6-7,12-13,18-19H2,1H3. The van der Waals surface area contributed by atoms with E-state index in [9.17, 15) is 0 Å². The first-order valence-electron chi connectivity index (χ1n) is 10.2. The summed E-state index contributed by atoms with van der Waals surface area (Å²) in [6.07, 6.45) is 5.54. The fourth-order valence-electron chi connectivity index (χ4n) is 4.58. The van der Waals surface area contributed by atoms with E-state index < -0.39 is 6.34 Å². The number of allylic oxidation sites excluding steroid dienone is 2. The Balaban J connectivity index is 1.86. The van der Waals surface area contributed by atoms with Gasteiger partial charge in [0.05, 0.1) is 0 Å². The topological polar surface area (TPSA) is 6.48 Å². The second-order valence-electron chi connectivity index (χ2n) is 7.43. The summed E-state index contributed by atoms with van der Waals surface area (Å²) >= 11 is 6.68. The van der Waals surface area contributed by atoms with Gasteiger partial charge in [-0.2, -0.15) is 0 Å². The minimum absolute atomic E-state index is 1.01. The van der Waals surface area contributed by atoms with Gasteiger partial charge in [0, 0.05) is 29.8 Å². The monoisotopic (exact) mass is 396 g/mol. The number of benzene rings is 2. The predicted octanol–water partition coefficient (Wildman–Crippen LogP) is 6.95. The number of rotatable bonds is 4. The van der Waals surface area contributed by atoms with Gasteiger partial charge in [-0.05, 0) is 68.2 Å². The van der Waals surface area contributed by atoms with Crippen molar-refractivity contribution in [2.45, 2.75) is 45.4 Å². The largest absolute Gasteiger partial charge is 0.323 e. The molecule has 142 valence electrons. The molecule has 0 atom stereocenters. The van der Waals surface area contributed by atoms with Crippen LogP contribution in [0.4, 0.5) is 11.4 Å². The molecule has 2 aromatic rings. The number of nitrogens with zero attached hydrogens (tertiary/aromatic N) is 2. The number of para-hydroxylation sites is 2. The molecule has 1 aliphatic heterocycles. The van der Waals surface area contributed by atoms with Crippen molar-refractivity contribution < 1.29 is 0 Å². The van der Waals surface area contributed by atoms with Crippen LogP contribution in [0.5, 0.6) is 0 Å². The molecule has 2 aromatic carbocycles. The summed E-state index contributed by atoms with van der Waals surface area (Å²) in [7, 11) is 0. The molecule has 1 saturated carbocycles. The molecule has 27 heavy (non-hydrogen) atoms. The second kappa shape index (κ2) is 8.20. The Bertz CT molecular complexity index is 788. The maximum atomic E-state index is 6.68. The van der Waals surface area contributed by atoms with E-state index in [1.54, 1.807) is 10.9 Å². The minimum Gasteiger partial charge on any atom is -0.323 e. The maximum Gasteiger partial charge on any atom is 0.149 e. The zero-order valence-electron chi connectivity index (χ0n) is 16.2. The molecule has 0 radical (unpaired) electrons. The highest BCUT2D eigenvalue weighted by molar-refractivity contribution is 8.18. The first kappa shape index (κ1) is 18.8. The van der Waals surface area contributed by atoms with Crippen LogP contribution < -0.4 is 9.34 Å². The first-order valence-corrected chi connectivity index (χ1v) is 12.9. The first-order chi connectivity index (χ1) is 13.2. The molecule has 0 spiro atoms. The Morgan fingerprint density at radius 3 is 1.74 bits per heavy atom. The Kier molecular flexibility index (Phi) is 5.71. The lowest BCUT2D eigenvalue weighted by molar-refractivity contribution is 0.595. The lowest BCUT2D eigenvalue weighted by atomic mass is 9.94. The van der Waals surface area contributed by atoms with Crippen molar-refractivity contribution in [2.75, 3.05) is 22.4 Å². The van der Waals surface area contributed by atoms with Gasteiger partial charge in [-0.3, -0.25) is 0 Å². The zero-order valence-corrected chi connectivity index (χ0v) is 17.9. The number of anilines is 2. The maximum absolute atomic E-state index is 6.68. The molecule has 1 aliphatic carbocycles. The molecule has 0 bridgehead atoms. The third-order valence-electron chi connectivity index (χ3n) is 5.84. The van der Waals surface area contributed by atoms with Gasteiger partial charge in [-0.1, -0.05) is 55.3 Å². The second-order valence-corrected chi connectivity index (χ2v) is 11.5. The van der Waals surface area contributed by atoms with E-state index in [0.717, 1.165) is 19.5 Å². The average molecular weight is 397 g/mol. The van der Waals surface area contributed by atoms with Gasteiger partial charge in [-0.15, -0.1) is 0 Å². The minimum atomic E-state index is -2.03. The van der Waals surface area contributed by atoms with Crippen LogP contribution in [0.1, 0.15) is 45.4 Å². The molecule has 2 nitrogen and oxygen atoms in total. The van der Waals surface area contributed by atoms with Crippen LogP contribution in [0.25, 0.3) is 0 Å². The van der Waals surface area contributed by atoms with Gasteiger partial charge in [0.15, 0.2) is 0 Å². The Hall–Kier alpha value is -1.57. The van der Waals surface area contributed by atoms with Crippen LogP contribution in [-0.4, -0.2) is 13.1 Å². The Morgan fingerprint density at radius 1 is 0.815 bits per heavy atom. The fraction of sp³-hybridized carbons (Fsp3) is 0.391. The van der Waals surface area contributed by atoms with Crippen LogP contribution in [0.3, 0.4) is 0 Å². The summed E-state index contributed by atoms with van der Waals surface area (Å²) < 4.78 is 5.13. The summed E-state index contributed by atoms with van der Waals surface area (Å²) in [5.41, 5.74) is 4.22. The van der Waals surface area contributed by atoms with E-state index in [4.69, 9.17) is 11.8 Å². The Labute approximate surface area is 169 Å². The van der Waals surface area contributed by atoms with Crippen molar-refractivity contribution in [3.8, 4) is 0 Å². The predicted molar refractivity (Wildman–Crippen MR) is 122 cm³/mol. The number of hydrogen-bond donors (Lipinski definition) is 0. The molecule has 4 rings (SSSR count). The quantitative estimate of drug-likeness (QED) is 0.516. The van der Waals surface area contributed by atoms with Crippen molar-refractivity contribution >= 4 is 29.5 Å². The van der Waals surface area contributed by atoms with Gasteiger partial charge in [0.2, 0.25) is 0 Å². The molecule has 2 aliphatic rings. The number of hydrogen-bond acceptors (Lipinski definition) is 1. The summed E-state index contributed by atoms with van der Waals surface area (Å²) in [6, 6.07) is 21.7. The molecule has 1 heterocycles. The third kappa shape index (κ3) is 3.48. The average Bonchev–Trinajstić information content (AvgIpc) is 3.08. The summed E-state index contributed by atoms with van der Waals surface area (Å²) in [4.78, 5) is 0. The van der Waals surface area contributed by atoms with Gasteiger partial charge >= 0.3 is 0 Å². The van der Waals surface area contributed by atoms with Crippen molar-refractivity contribution in [1.82, 2.24) is 0 Å². The van der Waals surface area contributed by atoms with Crippen molar-refractivity contribution in [2.24, 2.45) is 0 Å². The van der Waals surface area contributed by atoms with Gasteiger partial charge in [0.1, 0.15) is 6.34 Å². The van der Waals surface area contributed by atoms with E-state index in [2.05, 4.69) is 76.9 Å². The smallest absolute Gasteiger partial charge is 0.149 e. The van der Waals surface area contributed by atoms with E-state index in [1.165, 1.54) is 43.5 Å². The van der Waals surface area contributed by atoms with Crippen molar-refractivity contribution in [3.05, 3.63) is 71.6 Å². The summed E-state index contributed by atoms with van der Waals surface area (Å²) in [6.45, 7) is 4.33. The van der Waals surface area contributed by atoms with Crippen LogP contribution >= 0.6 is 6.34 Å². The van der Waals surface area contributed by atoms with E-state index in [1.807, 2.05) is 0 Å². The highest BCUT2D eigenvalue weighted by Gasteiger charge is 2.42. The van der Waals surface area contributed by atoms with Gasteiger partial charge in [-0.25, -0.2) is 0 Å². The van der Waals surface area contributed by atoms with Gasteiger partial charge < -0.3 is 9.34 Å². The van der Waals surface area contributed by atoms with Crippen LogP contribution in [0.15, 0.2) is 71.6 Å². The van der Waals surface area contributed by atoms with E-state index in [0.29, 0.717) is 0 Å². The zero-order chi connectivity index (χ0) is 18.7. The molecule has 4 heteroatoms. The lowest BCUT2D eigenvalue weighted by Crippen LogP contribution is -2.21. The molecule has 0 amide bonds. The van der Waals surface area contributed by atoms with Crippen LogP contribution in [-0.2, 0) is 11.8 Å². The molecular formula is C23H29N2PS. The van der Waals surface area contributed by atoms with Crippen LogP contribution in [0, 0.1) is 0 Å². The highest BCUT2D eigenvalue weighted by atomic mass is 32.4.